The molecule has 2 aliphatic carbocycles. The first-order valence-corrected chi connectivity index (χ1v) is 25.4. The van der Waals surface area contributed by atoms with Crippen molar-refractivity contribution >= 4 is 12.2 Å². The molecule has 3 aliphatic rings. The maximum Gasteiger partial charge on any atom is -1.00 e. The van der Waals surface area contributed by atoms with Gasteiger partial charge < -0.3 is 24.8 Å². The standard InChI is InChI=1S/2C26H33.C2H4.2ClH.Ti/c2*1-17(2)19-12-18-10-9-11-23(24(18)15-19)20-13-21(25(3,4)5)16-22(14-20)26(6,7)8;1-2;;;/h2*9-17H,1-8H3;1-2H2;2*1H;/q;;;;;+2/p-2. The Morgan fingerprint density at radius 1 is 0.456 bits per heavy atom. The van der Waals surface area contributed by atoms with E-state index in [2.05, 4.69) is 196 Å². The van der Waals surface area contributed by atoms with Gasteiger partial charge in [0.2, 0.25) is 0 Å². The minimum absolute atomic E-state index is 0. The molecule has 0 bridgehead atoms. The van der Waals surface area contributed by atoms with Crippen molar-refractivity contribution in [2.24, 2.45) is 11.8 Å². The molecule has 4 aromatic rings. The van der Waals surface area contributed by atoms with Gasteiger partial charge in [0.1, 0.15) is 0 Å². The number of hydrogen-bond donors (Lipinski definition) is 0. The van der Waals surface area contributed by atoms with Crippen LogP contribution in [0.15, 0.2) is 83.9 Å². The van der Waals surface area contributed by atoms with Gasteiger partial charge in [0, 0.05) is 0 Å². The fourth-order valence-corrected chi connectivity index (χ4v) is 20.6. The Labute approximate surface area is 364 Å². The van der Waals surface area contributed by atoms with Gasteiger partial charge in [-0.15, -0.1) is 0 Å². The summed E-state index contributed by atoms with van der Waals surface area (Å²) in [6.45, 7) is 38.2. The van der Waals surface area contributed by atoms with Crippen molar-refractivity contribution in [2.75, 3.05) is 0 Å². The topological polar surface area (TPSA) is 0 Å². The molecule has 0 saturated carbocycles. The average molecular weight is 838 g/mol. The summed E-state index contributed by atoms with van der Waals surface area (Å²) >= 11 is -2.61. The molecule has 1 saturated heterocycles. The molecular weight excluding hydrogens is 767 g/mol. The molecule has 0 amide bonds. The zero-order valence-electron chi connectivity index (χ0n) is 38.1. The van der Waals surface area contributed by atoms with E-state index in [1.165, 1.54) is 65.1 Å². The molecule has 0 radical (unpaired) electrons. The van der Waals surface area contributed by atoms with Gasteiger partial charge in [0.15, 0.2) is 0 Å². The fourth-order valence-electron chi connectivity index (χ4n) is 9.82. The van der Waals surface area contributed by atoms with E-state index in [0.29, 0.717) is 20.3 Å². The second-order valence-corrected chi connectivity index (χ2v) is 29.6. The van der Waals surface area contributed by atoms with Crippen LogP contribution in [0, 0.1) is 11.8 Å². The third kappa shape index (κ3) is 8.39. The van der Waals surface area contributed by atoms with Crippen LogP contribution in [0.4, 0.5) is 0 Å². The molecule has 7 rings (SSSR count). The van der Waals surface area contributed by atoms with Gasteiger partial charge >= 0.3 is 342 Å². The maximum absolute atomic E-state index is 2.68. The molecule has 57 heavy (non-hydrogen) atoms. The number of rotatable bonds is 6. The molecule has 1 heterocycles. The number of fused-ring (bicyclic) bond motifs is 2. The van der Waals surface area contributed by atoms with Crippen molar-refractivity contribution in [1.82, 2.24) is 0 Å². The molecule has 1 aliphatic heterocycles. The van der Waals surface area contributed by atoms with E-state index in [1.54, 1.807) is 22.3 Å². The van der Waals surface area contributed by atoms with Gasteiger partial charge in [-0.2, -0.15) is 0 Å². The summed E-state index contributed by atoms with van der Waals surface area (Å²) in [4.78, 5) is 0. The van der Waals surface area contributed by atoms with Crippen molar-refractivity contribution in [3.63, 3.8) is 0 Å². The molecule has 0 aromatic heterocycles. The zero-order valence-corrected chi connectivity index (χ0v) is 41.1. The smallest absolute Gasteiger partial charge is 1.00 e. The first-order chi connectivity index (χ1) is 25.4. The molecule has 304 valence electrons. The molecule has 4 aromatic carbocycles. The molecule has 1 fully saturated rings. The Balaban J connectivity index is 0.00000310. The summed E-state index contributed by atoms with van der Waals surface area (Å²) in [6, 6.07) is 29.7. The zero-order chi connectivity index (χ0) is 40.2. The third-order valence-electron chi connectivity index (χ3n) is 13.5. The molecule has 0 N–H and O–H groups in total. The molecule has 2 atom stereocenters. The number of halogens is 2. The summed E-state index contributed by atoms with van der Waals surface area (Å²) in [7, 11) is 0. The van der Waals surface area contributed by atoms with Crippen LogP contribution in [0.5, 0.6) is 0 Å². The van der Waals surface area contributed by atoms with Crippen molar-refractivity contribution < 1.29 is 41.4 Å². The van der Waals surface area contributed by atoms with Gasteiger partial charge in [-0.1, -0.05) is 0 Å². The average Bonchev–Trinajstić information content (AvgIpc) is 3.59. The summed E-state index contributed by atoms with van der Waals surface area (Å²) in [5.74, 6) is 1.04. The molecular formula is C54H70Cl2Ti. The predicted molar refractivity (Wildman–Crippen MR) is 239 cm³/mol. The summed E-state index contributed by atoms with van der Waals surface area (Å²) in [5, 5.41) is 0. The summed E-state index contributed by atoms with van der Waals surface area (Å²) in [5.41, 5.74) is 21.4. The Kier molecular flexibility index (Phi) is 12.5. The second-order valence-electron chi connectivity index (χ2n) is 22.4. The van der Waals surface area contributed by atoms with Gasteiger partial charge in [0.05, 0.1) is 0 Å². The largest absolute Gasteiger partial charge is 1.00 e. The van der Waals surface area contributed by atoms with Crippen LogP contribution in [-0.4, -0.2) is 0 Å². The van der Waals surface area contributed by atoms with E-state index in [-0.39, 0.29) is 46.5 Å². The maximum atomic E-state index is 2.68. The van der Waals surface area contributed by atoms with E-state index >= 15 is 0 Å². The SMILES string of the molecule is CC(C)C1=Cc2c(-c3cc(C(C)(C)C)cc(C(C)(C)C)c3)cccc2[CH]1[Ti+2]1([CH]2C(C(C)C)=Cc3c(-c4cc(C(C)(C)C)cc(C(C)(C)C)c4)cccc32)[CH2][CH2]1.[Cl-].[Cl-]. The molecule has 2 unspecified atom stereocenters. The van der Waals surface area contributed by atoms with Crippen LogP contribution in [-0.2, 0) is 38.2 Å². The minimum atomic E-state index is -2.61. The Morgan fingerprint density at radius 3 is 1.00 bits per heavy atom. The van der Waals surface area contributed by atoms with Crippen molar-refractivity contribution in [3.05, 3.63) is 128 Å². The van der Waals surface area contributed by atoms with Crippen LogP contribution < -0.4 is 24.8 Å². The number of allylic oxidation sites excluding steroid dienone is 2. The van der Waals surface area contributed by atoms with E-state index in [1.807, 2.05) is 0 Å². The van der Waals surface area contributed by atoms with Crippen molar-refractivity contribution in [1.29, 1.82) is 0 Å². The van der Waals surface area contributed by atoms with Crippen molar-refractivity contribution in [3.8, 4) is 22.3 Å². The number of hydrogen-bond acceptors (Lipinski definition) is 0. The quantitative estimate of drug-likeness (QED) is 0.170. The van der Waals surface area contributed by atoms with Gasteiger partial charge in [-0.25, -0.2) is 0 Å². The summed E-state index contributed by atoms with van der Waals surface area (Å²) in [6.07, 6.45) is 5.37. The third-order valence-corrected chi connectivity index (χ3v) is 21.6. The van der Waals surface area contributed by atoms with Crippen LogP contribution in [0.3, 0.4) is 0 Å². The monoisotopic (exact) mass is 836 g/mol. The summed E-state index contributed by atoms with van der Waals surface area (Å²) < 4.78 is 4.11. The van der Waals surface area contributed by atoms with Crippen molar-refractivity contribution in [2.45, 2.75) is 150 Å². The van der Waals surface area contributed by atoms with Gasteiger partial charge in [-0.3, -0.25) is 0 Å². The Morgan fingerprint density at radius 2 is 0.754 bits per heavy atom. The van der Waals surface area contributed by atoms with Crippen LogP contribution in [0.2, 0.25) is 9.45 Å². The van der Waals surface area contributed by atoms with E-state index < -0.39 is 16.6 Å². The van der Waals surface area contributed by atoms with Gasteiger partial charge in [0.25, 0.3) is 0 Å². The molecule has 0 nitrogen and oxygen atoms in total. The van der Waals surface area contributed by atoms with E-state index in [9.17, 15) is 0 Å². The van der Waals surface area contributed by atoms with Crippen LogP contribution in [0.25, 0.3) is 34.4 Å². The normalized spacial score (nSPS) is 18.2. The number of benzene rings is 4. The second kappa shape index (κ2) is 15.6. The molecule has 0 spiro atoms. The van der Waals surface area contributed by atoms with Crippen LogP contribution in [0.1, 0.15) is 164 Å². The molecule has 3 heteroatoms. The van der Waals surface area contributed by atoms with Crippen LogP contribution >= 0.6 is 0 Å². The minimum Gasteiger partial charge on any atom is -1.00 e. The first-order valence-electron chi connectivity index (χ1n) is 21.4. The van der Waals surface area contributed by atoms with E-state index in [0.717, 1.165) is 0 Å². The Bertz CT molecular complexity index is 1990. The first kappa shape index (κ1) is 45.7. The van der Waals surface area contributed by atoms with E-state index in [4.69, 9.17) is 0 Å². The predicted octanol–water partition coefficient (Wildman–Crippen LogP) is 10.1. The van der Waals surface area contributed by atoms with Gasteiger partial charge in [-0.05, 0) is 0 Å². The Hall–Kier alpha value is -2.35. The fraction of sp³-hybridized carbons (Fsp3) is 0.481.